The van der Waals surface area contributed by atoms with Gasteiger partial charge < -0.3 is 10.2 Å². The Balaban J connectivity index is 2.28. The third-order valence-corrected chi connectivity index (χ3v) is 5.43. The average Bonchev–Trinajstić information content (AvgIpc) is 2.65. The van der Waals surface area contributed by atoms with E-state index in [-0.39, 0.29) is 24.8 Å². The summed E-state index contributed by atoms with van der Waals surface area (Å²) in [5, 5.41) is 4.34. The normalized spacial score (nSPS) is 12.0. The van der Waals surface area contributed by atoms with E-state index in [1.54, 1.807) is 43.3 Å². The van der Waals surface area contributed by atoms with E-state index < -0.39 is 6.04 Å². The highest BCUT2D eigenvalue weighted by molar-refractivity contribution is 6.36. The molecule has 0 heterocycles. The summed E-state index contributed by atoms with van der Waals surface area (Å²) in [6.07, 6.45) is 0.116. The summed E-state index contributed by atoms with van der Waals surface area (Å²) in [6.45, 7) is 6.39. The lowest BCUT2D eigenvalue weighted by atomic mass is 10.1. The van der Waals surface area contributed by atoms with Crippen LogP contribution in [0.1, 0.15) is 31.9 Å². The third-order valence-electron chi connectivity index (χ3n) is 4.49. The molecular formula is C22H25Cl3N2O2. The monoisotopic (exact) mass is 454 g/mol. The zero-order valence-corrected chi connectivity index (χ0v) is 19.0. The molecule has 0 aliphatic carbocycles. The highest BCUT2D eigenvalue weighted by atomic mass is 35.5. The zero-order chi connectivity index (χ0) is 21.6. The maximum Gasteiger partial charge on any atom is 0.242 e. The fourth-order valence-electron chi connectivity index (χ4n) is 2.81. The van der Waals surface area contributed by atoms with Gasteiger partial charge in [-0.3, -0.25) is 9.59 Å². The lowest BCUT2D eigenvalue weighted by Gasteiger charge is -2.29. The number of hydrogen-bond donors (Lipinski definition) is 1. The fourth-order valence-corrected chi connectivity index (χ4v) is 3.54. The quantitative estimate of drug-likeness (QED) is 0.581. The number of carbonyl (C=O) groups is 2. The number of nitrogens with zero attached hydrogens (tertiary/aromatic N) is 1. The minimum absolute atomic E-state index is 0.116. The molecule has 1 unspecified atom stereocenters. The van der Waals surface area contributed by atoms with Crippen molar-refractivity contribution >= 4 is 46.6 Å². The molecule has 0 spiro atoms. The van der Waals surface area contributed by atoms with E-state index in [0.717, 1.165) is 5.56 Å². The summed E-state index contributed by atoms with van der Waals surface area (Å²) >= 11 is 18.7. The Labute approximate surface area is 187 Å². The zero-order valence-electron chi connectivity index (χ0n) is 16.7. The summed E-state index contributed by atoms with van der Waals surface area (Å²) in [7, 11) is 0. The summed E-state index contributed by atoms with van der Waals surface area (Å²) in [6, 6.07) is 11.6. The van der Waals surface area contributed by atoms with Crippen molar-refractivity contribution in [2.24, 2.45) is 5.92 Å². The van der Waals surface area contributed by atoms with Crippen molar-refractivity contribution in [3.8, 4) is 0 Å². The molecule has 0 bridgehead atoms. The first kappa shape index (κ1) is 23.5. The van der Waals surface area contributed by atoms with E-state index in [1.807, 2.05) is 19.9 Å². The van der Waals surface area contributed by atoms with Gasteiger partial charge >= 0.3 is 0 Å². The van der Waals surface area contributed by atoms with Gasteiger partial charge in [-0.1, -0.05) is 66.8 Å². The SMILES string of the molecule is CC(C)CNC(=O)C(C)N(Cc1c(Cl)cccc1Cl)C(=O)Cc1cccc(Cl)c1. The minimum atomic E-state index is -0.687. The molecule has 2 rings (SSSR count). The van der Waals surface area contributed by atoms with Crippen LogP contribution in [0.3, 0.4) is 0 Å². The first-order valence-corrected chi connectivity index (χ1v) is 10.6. The number of amides is 2. The number of nitrogens with one attached hydrogen (secondary N) is 1. The van der Waals surface area contributed by atoms with Crippen molar-refractivity contribution in [2.45, 2.75) is 39.8 Å². The maximum atomic E-state index is 13.2. The van der Waals surface area contributed by atoms with Crippen LogP contribution in [0.2, 0.25) is 15.1 Å². The van der Waals surface area contributed by atoms with E-state index >= 15 is 0 Å². The van der Waals surface area contributed by atoms with Crippen LogP contribution in [-0.2, 0) is 22.6 Å². The molecule has 0 fully saturated rings. The summed E-state index contributed by atoms with van der Waals surface area (Å²) in [4.78, 5) is 27.3. The highest BCUT2D eigenvalue weighted by Crippen LogP contribution is 2.27. The number of hydrogen-bond acceptors (Lipinski definition) is 2. The fraction of sp³-hybridized carbons (Fsp3) is 0.364. The molecule has 7 heteroatoms. The Morgan fingerprint density at radius 2 is 1.62 bits per heavy atom. The Kier molecular flexibility index (Phi) is 8.81. The first-order valence-electron chi connectivity index (χ1n) is 9.43. The van der Waals surface area contributed by atoms with Gasteiger partial charge in [0.25, 0.3) is 0 Å². The van der Waals surface area contributed by atoms with Gasteiger partial charge in [-0.05, 0) is 42.7 Å². The topological polar surface area (TPSA) is 49.4 Å². The van der Waals surface area contributed by atoms with E-state index in [4.69, 9.17) is 34.8 Å². The highest BCUT2D eigenvalue weighted by Gasteiger charge is 2.27. The maximum absolute atomic E-state index is 13.2. The first-order chi connectivity index (χ1) is 13.7. The van der Waals surface area contributed by atoms with Crippen LogP contribution in [0.25, 0.3) is 0 Å². The van der Waals surface area contributed by atoms with Crippen LogP contribution in [0.5, 0.6) is 0 Å². The van der Waals surface area contributed by atoms with Crippen LogP contribution in [0, 0.1) is 5.92 Å². The summed E-state index contributed by atoms with van der Waals surface area (Å²) in [5.41, 5.74) is 1.38. The average molecular weight is 456 g/mol. The van der Waals surface area contributed by atoms with E-state index in [1.165, 1.54) is 4.90 Å². The lowest BCUT2D eigenvalue weighted by molar-refractivity contribution is -0.140. The van der Waals surface area contributed by atoms with E-state index in [0.29, 0.717) is 33.1 Å². The van der Waals surface area contributed by atoms with Crippen molar-refractivity contribution < 1.29 is 9.59 Å². The molecule has 0 aliphatic rings. The van der Waals surface area contributed by atoms with Gasteiger partial charge in [-0.25, -0.2) is 0 Å². The van der Waals surface area contributed by atoms with Gasteiger partial charge in [-0.15, -0.1) is 0 Å². The molecule has 1 N–H and O–H groups in total. The Bertz CT molecular complexity index is 851. The van der Waals surface area contributed by atoms with Crippen molar-refractivity contribution in [3.63, 3.8) is 0 Å². The molecule has 2 aromatic carbocycles. The smallest absolute Gasteiger partial charge is 0.242 e. The van der Waals surface area contributed by atoms with Gasteiger partial charge in [0.05, 0.1) is 6.42 Å². The molecule has 0 radical (unpaired) electrons. The van der Waals surface area contributed by atoms with E-state index in [9.17, 15) is 9.59 Å². The third kappa shape index (κ3) is 6.91. The van der Waals surface area contributed by atoms with Crippen molar-refractivity contribution in [1.82, 2.24) is 10.2 Å². The second-order valence-electron chi connectivity index (χ2n) is 7.34. The Hall–Kier alpha value is -1.75. The van der Waals surface area contributed by atoms with Crippen molar-refractivity contribution in [1.29, 1.82) is 0 Å². The molecule has 2 aromatic rings. The van der Waals surface area contributed by atoms with Crippen LogP contribution in [-0.4, -0.2) is 29.3 Å². The van der Waals surface area contributed by atoms with Crippen LogP contribution < -0.4 is 5.32 Å². The van der Waals surface area contributed by atoms with Crippen molar-refractivity contribution in [2.75, 3.05) is 6.54 Å². The van der Waals surface area contributed by atoms with Gasteiger partial charge in [0.15, 0.2) is 0 Å². The largest absolute Gasteiger partial charge is 0.354 e. The molecule has 2 amide bonds. The van der Waals surface area contributed by atoms with Crippen LogP contribution >= 0.6 is 34.8 Å². The van der Waals surface area contributed by atoms with Crippen LogP contribution in [0.15, 0.2) is 42.5 Å². The standard InChI is InChI=1S/C22H25Cl3N2O2/c1-14(2)12-26-22(29)15(3)27(13-18-19(24)8-5-9-20(18)25)21(28)11-16-6-4-7-17(23)10-16/h4-10,14-15H,11-13H2,1-3H3,(H,26,29). The molecule has 0 aliphatic heterocycles. The minimum Gasteiger partial charge on any atom is -0.354 e. The van der Waals surface area contributed by atoms with Gasteiger partial charge in [0, 0.05) is 33.7 Å². The summed E-state index contributed by atoms with van der Waals surface area (Å²) in [5.74, 6) is -0.128. The van der Waals surface area contributed by atoms with Crippen molar-refractivity contribution in [3.05, 3.63) is 68.7 Å². The Morgan fingerprint density at radius 1 is 1.00 bits per heavy atom. The number of benzene rings is 2. The second-order valence-corrected chi connectivity index (χ2v) is 8.59. The van der Waals surface area contributed by atoms with Gasteiger partial charge in [0.1, 0.15) is 6.04 Å². The molecular weight excluding hydrogens is 431 g/mol. The number of halogens is 3. The Morgan fingerprint density at radius 3 is 2.21 bits per heavy atom. The van der Waals surface area contributed by atoms with Gasteiger partial charge in [0.2, 0.25) is 11.8 Å². The number of carbonyl (C=O) groups excluding carboxylic acids is 2. The predicted octanol–water partition coefficient (Wildman–Crippen LogP) is 5.38. The molecule has 0 aromatic heterocycles. The molecule has 1 atom stereocenters. The lowest BCUT2D eigenvalue weighted by Crippen LogP contribution is -2.48. The predicted molar refractivity (Wildman–Crippen MR) is 119 cm³/mol. The van der Waals surface area contributed by atoms with Gasteiger partial charge in [-0.2, -0.15) is 0 Å². The summed E-state index contributed by atoms with van der Waals surface area (Å²) < 4.78 is 0. The molecule has 156 valence electrons. The second kappa shape index (κ2) is 10.9. The van der Waals surface area contributed by atoms with Crippen LogP contribution in [0.4, 0.5) is 0 Å². The molecule has 0 saturated carbocycles. The molecule has 29 heavy (non-hydrogen) atoms. The number of rotatable bonds is 8. The molecule has 4 nitrogen and oxygen atoms in total. The van der Waals surface area contributed by atoms with E-state index in [2.05, 4.69) is 5.32 Å². The molecule has 0 saturated heterocycles.